The molecule has 0 unspecified atom stereocenters. The average molecular weight is 295 g/mol. The van der Waals surface area contributed by atoms with Crippen molar-refractivity contribution in [3.8, 4) is 0 Å². The van der Waals surface area contributed by atoms with E-state index < -0.39 is 23.6 Å². The molecule has 2 saturated carbocycles. The third-order valence-electron chi connectivity index (χ3n) is 4.21. The van der Waals surface area contributed by atoms with E-state index in [9.17, 15) is 23.5 Å². The van der Waals surface area contributed by atoms with Crippen LogP contribution in [0.1, 0.15) is 30.9 Å². The topological polar surface area (TPSA) is 66.4 Å². The molecule has 21 heavy (non-hydrogen) atoms. The fourth-order valence-electron chi connectivity index (χ4n) is 2.79. The smallest absolute Gasteiger partial charge is 0.330 e. The average Bonchev–Trinajstić information content (AvgIpc) is 3.27. The number of carboxylic acids is 1. The molecule has 6 heteroatoms. The van der Waals surface area contributed by atoms with Crippen molar-refractivity contribution in [2.24, 2.45) is 17.8 Å². The number of rotatable bonds is 5. The normalized spacial score (nSPS) is 25.2. The van der Waals surface area contributed by atoms with Crippen LogP contribution in [0.15, 0.2) is 18.2 Å². The molecule has 2 fully saturated rings. The lowest BCUT2D eigenvalue weighted by atomic mass is 10.1. The van der Waals surface area contributed by atoms with Gasteiger partial charge in [-0.15, -0.1) is 0 Å². The van der Waals surface area contributed by atoms with Crippen LogP contribution < -0.4 is 5.32 Å². The van der Waals surface area contributed by atoms with Crippen LogP contribution >= 0.6 is 0 Å². The molecule has 3 rings (SSSR count). The fourth-order valence-corrected chi connectivity index (χ4v) is 2.79. The van der Waals surface area contributed by atoms with Crippen LogP contribution in [0.5, 0.6) is 0 Å². The summed E-state index contributed by atoms with van der Waals surface area (Å²) in [6.45, 7) is 0. The molecular weight excluding hydrogens is 280 g/mol. The van der Waals surface area contributed by atoms with Gasteiger partial charge < -0.3 is 10.4 Å². The summed E-state index contributed by atoms with van der Waals surface area (Å²) in [6.07, 6.45) is 3.07. The van der Waals surface area contributed by atoms with Crippen molar-refractivity contribution in [2.45, 2.75) is 25.3 Å². The van der Waals surface area contributed by atoms with Gasteiger partial charge in [0, 0.05) is 5.92 Å². The van der Waals surface area contributed by atoms with E-state index >= 15 is 0 Å². The Morgan fingerprint density at radius 3 is 2.52 bits per heavy atom. The number of carbonyl (C=O) groups is 2. The van der Waals surface area contributed by atoms with E-state index in [4.69, 9.17) is 0 Å². The van der Waals surface area contributed by atoms with Crippen molar-refractivity contribution in [1.82, 2.24) is 5.32 Å². The molecule has 3 atom stereocenters. The monoisotopic (exact) mass is 295 g/mol. The lowest BCUT2D eigenvalue weighted by Gasteiger charge is -2.15. The maximum atomic E-state index is 13.2. The zero-order chi connectivity index (χ0) is 15.1. The van der Waals surface area contributed by atoms with Crippen LogP contribution in [0.25, 0.3) is 0 Å². The summed E-state index contributed by atoms with van der Waals surface area (Å²) >= 11 is 0. The Bertz CT molecular complexity index is 601. The summed E-state index contributed by atoms with van der Waals surface area (Å²) in [5.41, 5.74) is 0.0263. The molecule has 2 N–H and O–H groups in total. The van der Waals surface area contributed by atoms with E-state index in [0.717, 1.165) is 31.4 Å². The van der Waals surface area contributed by atoms with Gasteiger partial charge in [0.15, 0.2) is 17.7 Å². The third kappa shape index (κ3) is 2.89. The van der Waals surface area contributed by atoms with Crippen LogP contribution in [0.4, 0.5) is 8.78 Å². The minimum Gasteiger partial charge on any atom is -0.479 e. The zero-order valence-corrected chi connectivity index (χ0v) is 11.2. The minimum atomic E-state index is -1.35. The molecule has 4 nitrogen and oxygen atoms in total. The second kappa shape index (κ2) is 5.09. The van der Waals surface area contributed by atoms with Crippen molar-refractivity contribution in [1.29, 1.82) is 0 Å². The SMILES string of the molecule is O=C(N[C@@H](C(=O)O)c1ccc(F)c(F)c1)[C@H]1C[C@@H]1C1CC1. The standard InChI is InChI=1S/C15H15F2NO3/c16-11-4-3-8(5-12(11)17)13(15(20)21)18-14(19)10-6-9(10)7-1-2-7/h3-5,7,9-10,13H,1-2,6H2,(H,18,19)(H,20,21)/t9-,10+,13-/m1/s1. The zero-order valence-electron chi connectivity index (χ0n) is 11.2. The summed E-state index contributed by atoms with van der Waals surface area (Å²) in [4.78, 5) is 23.3. The third-order valence-corrected chi connectivity index (χ3v) is 4.21. The maximum Gasteiger partial charge on any atom is 0.330 e. The predicted octanol–water partition coefficient (Wildman–Crippen LogP) is 2.25. The molecule has 0 aromatic heterocycles. The number of hydrogen-bond donors (Lipinski definition) is 2. The van der Waals surface area contributed by atoms with Crippen molar-refractivity contribution >= 4 is 11.9 Å². The molecule has 2 aliphatic carbocycles. The molecule has 0 aliphatic heterocycles. The maximum absolute atomic E-state index is 13.2. The van der Waals surface area contributed by atoms with Gasteiger partial charge in [0.25, 0.3) is 0 Å². The summed E-state index contributed by atoms with van der Waals surface area (Å²) in [5.74, 6) is -2.95. The second-order valence-corrected chi connectivity index (χ2v) is 5.80. The van der Waals surface area contributed by atoms with Crippen LogP contribution in [-0.2, 0) is 9.59 Å². The quantitative estimate of drug-likeness (QED) is 0.875. The van der Waals surface area contributed by atoms with E-state index in [-0.39, 0.29) is 17.4 Å². The Kier molecular flexibility index (Phi) is 3.39. The Balaban J connectivity index is 1.70. The van der Waals surface area contributed by atoms with E-state index in [1.165, 1.54) is 6.07 Å². The Labute approximate surface area is 120 Å². The first kappa shape index (κ1) is 14.0. The van der Waals surface area contributed by atoms with Gasteiger partial charge in [0.1, 0.15) is 0 Å². The summed E-state index contributed by atoms with van der Waals surface area (Å²) in [6, 6.07) is 1.48. The van der Waals surface area contributed by atoms with Crippen LogP contribution in [0.3, 0.4) is 0 Å². The molecule has 1 aromatic carbocycles. The van der Waals surface area contributed by atoms with Crippen LogP contribution in [-0.4, -0.2) is 17.0 Å². The highest BCUT2D eigenvalue weighted by molar-refractivity contribution is 5.87. The summed E-state index contributed by atoms with van der Waals surface area (Å²) in [5, 5.41) is 11.6. The molecule has 0 radical (unpaired) electrons. The number of halogens is 2. The van der Waals surface area contributed by atoms with Gasteiger partial charge in [-0.25, -0.2) is 13.6 Å². The van der Waals surface area contributed by atoms with Gasteiger partial charge >= 0.3 is 5.97 Å². The molecule has 1 amide bonds. The van der Waals surface area contributed by atoms with Gasteiger partial charge in [-0.05, 0) is 48.8 Å². The van der Waals surface area contributed by atoms with Gasteiger partial charge in [0.05, 0.1) is 0 Å². The Hall–Kier alpha value is -1.98. The minimum absolute atomic E-state index is 0.0263. The second-order valence-electron chi connectivity index (χ2n) is 5.80. The number of carboxylic acid groups (broad SMARTS) is 1. The first-order chi connectivity index (χ1) is 9.97. The van der Waals surface area contributed by atoms with Crippen molar-refractivity contribution < 1.29 is 23.5 Å². The predicted molar refractivity (Wildman–Crippen MR) is 69.2 cm³/mol. The molecule has 112 valence electrons. The van der Waals surface area contributed by atoms with E-state index in [2.05, 4.69) is 5.32 Å². The lowest BCUT2D eigenvalue weighted by molar-refractivity contribution is -0.142. The number of carbonyl (C=O) groups excluding carboxylic acids is 1. The first-order valence-electron chi connectivity index (χ1n) is 6.95. The summed E-state index contributed by atoms with van der Waals surface area (Å²) in [7, 11) is 0. The van der Waals surface area contributed by atoms with Crippen LogP contribution in [0.2, 0.25) is 0 Å². The number of aliphatic carboxylic acids is 1. The Morgan fingerprint density at radius 1 is 1.24 bits per heavy atom. The number of hydrogen-bond acceptors (Lipinski definition) is 2. The summed E-state index contributed by atoms with van der Waals surface area (Å²) < 4.78 is 26.1. The van der Waals surface area contributed by atoms with Crippen molar-refractivity contribution in [3.05, 3.63) is 35.4 Å². The Morgan fingerprint density at radius 2 is 1.95 bits per heavy atom. The molecular formula is C15H15F2NO3. The molecule has 0 saturated heterocycles. The van der Waals surface area contributed by atoms with Crippen LogP contribution in [0, 0.1) is 29.4 Å². The van der Waals surface area contributed by atoms with Crippen molar-refractivity contribution in [2.75, 3.05) is 0 Å². The van der Waals surface area contributed by atoms with Gasteiger partial charge in [-0.2, -0.15) is 0 Å². The molecule has 0 spiro atoms. The van der Waals surface area contributed by atoms with Crippen molar-refractivity contribution in [3.63, 3.8) is 0 Å². The molecule has 0 heterocycles. The van der Waals surface area contributed by atoms with Gasteiger partial charge in [0.2, 0.25) is 5.91 Å². The van der Waals surface area contributed by atoms with E-state index in [0.29, 0.717) is 11.8 Å². The molecule has 2 aliphatic rings. The number of benzene rings is 1. The lowest BCUT2D eigenvalue weighted by Crippen LogP contribution is -2.35. The fraction of sp³-hybridized carbons (Fsp3) is 0.467. The van der Waals surface area contributed by atoms with Gasteiger partial charge in [-0.1, -0.05) is 6.07 Å². The highest BCUT2D eigenvalue weighted by atomic mass is 19.2. The molecule has 0 bridgehead atoms. The largest absolute Gasteiger partial charge is 0.479 e. The highest BCUT2D eigenvalue weighted by Gasteiger charge is 2.51. The van der Waals surface area contributed by atoms with E-state index in [1.54, 1.807) is 0 Å². The number of nitrogens with one attached hydrogen (secondary N) is 1. The first-order valence-corrected chi connectivity index (χ1v) is 6.95. The van der Waals surface area contributed by atoms with Gasteiger partial charge in [-0.3, -0.25) is 4.79 Å². The highest BCUT2D eigenvalue weighted by Crippen LogP contribution is 2.54. The van der Waals surface area contributed by atoms with E-state index in [1.807, 2.05) is 0 Å². The molecule has 1 aromatic rings. The number of amides is 1.